The van der Waals surface area contributed by atoms with Gasteiger partial charge in [0.1, 0.15) is 11.5 Å². The van der Waals surface area contributed by atoms with Crippen LogP contribution in [0.4, 0.5) is 0 Å². The van der Waals surface area contributed by atoms with Gasteiger partial charge in [-0.25, -0.2) is 0 Å². The van der Waals surface area contributed by atoms with Crippen molar-refractivity contribution in [1.82, 2.24) is 0 Å². The first-order valence-corrected chi connectivity index (χ1v) is 11.1. The molecule has 0 atom stereocenters. The zero-order chi connectivity index (χ0) is 17.9. The Bertz CT molecular complexity index is 717. The predicted molar refractivity (Wildman–Crippen MR) is 117 cm³/mol. The van der Waals surface area contributed by atoms with E-state index in [1.165, 1.54) is 7.02 Å². The van der Waals surface area contributed by atoms with Crippen molar-refractivity contribution in [2.75, 3.05) is 0 Å². The van der Waals surface area contributed by atoms with Crippen LogP contribution in [0.25, 0.3) is 0 Å². The summed E-state index contributed by atoms with van der Waals surface area (Å²) in [6.45, 7) is 0. The Balaban J connectivity index is 0.000000187. The second-order valence-electron chi connectivity index (χ2n) is 5.51. The minimum atomic E-state index is -0.335. The summed E-state index contributed by atoms with van der Waals surface area (Å²) in [5.74, 6) is 1.74. The van der Waals surface area contributed by atoms with Crippen LogP contribution in [0.5, 0.6) is 11.5 Å². The van der Waals surface area contributed by atoms with Crippen molar-refractivity contribution in [3.05, 3.63) is 121 Å². The van der Waals surface area contributed by atoms with Gasteiger partial charge in [-0.05, 0) is 24.3 Å². The molecule has 0 N–H and O–H groups in total. The molecule has 3 heteroatoms. The summed E-state index contributed by atoms with van der Waals surface area (Å²) in [5, 5.41) is 0. The quantitative estimate of drug-likeness (QED) is 0.399. The molecule has 0 fully saturated rings. The predicted octanol–water partition coefficient (Wildman–Crippen LogP) is 4.44. The van der Waals surface area contributed by atoms with Crippen molar-refractivity contribution in [1.29, 1.82) is 0 Å². The largest absolute Gasteiger partial charge is 0.457 e. The summed E-state index contributed by atoms with van der Waals surface area (Å²) < 4.78 is 8.62. The molecule has 0 aliphatic carbocycles. The third-order valence-electron chi connectivity index (χ3n) is 3.49. The van der Waals surface area contributed by atoms with Crippen LogP contribution < -0.4 is 11.8 Å². The van der Waals surface area contributed by atoms with Gasteiger partial charge >= 0.3 is 89.3 Å². The Morgan fingerprint density at radius 3 is 1.04 bits per heavy atom. The van der Waals surface area contributed by atoms with Gasteiger partial charge in [0.05, 0.1) is 0 Å². The summed E-state index contributed by atoms with van der Waals surface area (Å²) in [6.07, 6.45) is 0. The molecule has 0 heterocycles. The smallest absolute Gasteiger partial charge is 0.127 e. The van der Waals surface area contributed by atoms with Crippen LogP contribution in [0.3, 0.4) is 0 Å². The first-order valence-electron chi connectivity index (χ1n) is 8.50. The van der Waals surface area contributed by atoms with Gasteiger partial charge in [0.25, 0.3) is 0 Å². The number of hydrogen-bond donors (Lipinski definition) is 0. The topological polar surface area (TPSA) is 9.23 Å². The molecule has 130 valence electrons. The van der Waals surface area contributed by atoms with Gasteiger partial charge in [-0.1, -0.05) is 36.4 Å². The van der Waals surface area contributed by atoms with Crippen molar-refractivity contribution in [3.63, 3.8) is 0 Å². The standard InChI is InChI=1S/C12H10O.2C6H5.Al.Sb/c1-3-7-11(8-4-1)13-12-9-5-2-6-10-12;2*1-2-4-6-5-3-1;;/h1-10H;2*1-5H;;. The summed E-state index contributed by atoms with van der Waals surface area (Å²) in [7, 11) is 0. The molecule has 0 aliphatic rings. The van der Waals surface area contributed by atoms with Crippen LogP contribution in [0.15, 0.2) is 121 Å². The Hall–Kier alpha value is -1.97. The molecule has 4 aromatic rings. The number of rotatable bonds is 4. The van der Waals surface area contributed by atoms with Crippen LogP contribution in [0.2, 0.25) is 0 Å². The summed E-state index contributed by atoms with van der Waals surface area (Å²) in [4.78, 5) is 0. The van der Waals surface area contributed by atoms with Gasteiger partial charge in [0, 0.05) is 17.4 Å². The molecule has 4 radical (unpaired) electrons. The molecule has 0 aliphatic heterocycles. The van der Waals surface area contributed by atoms with Gasteiger partial charge in [0.2, 0.25) is 0 Å². The number of hydrogen-bond acceptors (Lipinski definition) is 1. The van der Waals surface area contributed by atoms with E-state index in [2.05, 4.69) is 60.7 Å². The first-order chi connectivity index (χ1) is 12.9. The Morgan fingerprint density at radius 1 is 0.407 bits per heavy atom. The number of ether oxygens (including phenoxy) is 1. The van der Waals surface area contributed by atoms with E-state index in [4.69, 9.17) is 4.74 Å². The van der Waals surface area contributed by atoms with E-state index in [1.807, 2.05) is 60.7 Å². The summed E-state index contributed by atoms with van der Waals surface area (Å²) in [5.41, 5.74) is 0. The molecule has 0 saturated heterocycles. The van der Waals surface area contributed by atoms with Crippen LogP contribution in [0.1, 0.15) is 0 Å². The maximum atomic E-state index is 5.58. The average Bonchev–Trinajstić information content (AvgIpc) is 2.72. The van der Waals surface area contributed by atoms with Crippen molar-refractivity contribution in [2.45, 2.75) is 0 Å². The Kier molecular flexibility index (Phi) is 9.82. The number of benzene rings is 4. The van der Waals surface area contributed by atoms with Gasteiger partial charge < -0.3 is 4.74 Å². The zero-order valence-electron chi connectivity index (χ0n) is 15.0. The summed E-state index contributed by atoms with van der Waals surface area (Å²) >= 11 is -0.335. The van der Waals surface area contributed by atoms with Crippen LogP contribution in [-0.4, -0.2) is 39.0 Å². The number of para-hydroxylation sites is 2. The molecule has 4 aromatic carbocycles. The monoisotopic (exact) mass is 472 g/mol. The normalized spacial score (nSPS) is 9.33. The molecule has 1 nitrogen and oxygen atoms in total. The molecule has 0 bridgehead atoms. The molecule has 0 saturated carbocycles. The molecule has 4 rings (SSSR count). The minimum absolute atomic E-state index is 0. The minimum Gasteiger partial charge on any atom is -0.457 e. The van der Waals surface area contributed by atoms with Crippen molar-refractivity contribution >= 4 is 46.0 Å². The third-order valence-corrected chi connectivity index (χ3v) is 6.67. The van der Waals surface area contributed by atoms with Crippen molar-refractivity contribution < 1.29 is 4.74 Å². The van der Waals surface area contributed by atoms with Gasteiger partial charge in [0.15, 0.2) is 0 Å². The Labute approximate surface area is 182 Å². The average molecular weight is 473 g/mol. The van der Waals surface area contributed by atoms with Crippen molar-refractivity contribution in [2.24, 2.45) is 0 Å². The second kappa shape index (κ2) is 12.4. The zero-order valence-corrected chi connectivity index (χ0v) is 18.7. The van der Waals surface area contributed by atoms with E-state index in [1.54, 1.807) is 0 Å². The second-order valence-corrected chi connectivity index (χ2v) is 9.10. The summed E-state index contributed by atoms with van der Waals surface area (Å²) in [6, 6.07) is 41.0. The van der Waals surface area contributed by atoms with E-state index < -0.39 is 0 Å². The van der Waals surface area contributed by atoms with Gasteiger partial charge in [-0.3, -0.25) is 0 Å². The fourth-order valence-corrected chi connectivity index (χ4v) is 4.95. The Morgan fingerprint density at radius 2 is 0.704 bits per heavy atom. The molecule has 0 unspecified atom stereocenters. The fraction of sp³-hybridized carbons (Fsp3) is 0. The van der Waals surface area contributed by atoms with Crippen LogP contribution in [0, 0.1) is 0 Å². The maximum Gasteiger partial charge on any atom is 0.127 e. The molecular weight excluding hydrogens is 453 g/mol. The van der Waals surface area contributed by atoms with Gasteiger partial charge in [-0.2, -0.15) is 0 Å². The molecule has 0 spiro atoms. The first kappa shape index (κ1) is 21.3. The van der Waals surface area contributed by atoms with Crippen LogP contribution >= 0.6 is 0 Å². The van der Waals surface area contributed by atoms with E-state index in [-0.39, 0.29) is 39.0 Å². The molecule has 27 heavy (non-hydrogen) atoms. The van der Waals surface area contributed by atoms with E-state index in [0.29, 0.717) is 0 Å². The molecule has 0 aromatic heterocycles. The third kappa shape index (κ3) is 8.06. The molecular formula is C24H20AlOSb. The van der Waals surface area contributed by atoms with Gasteiger partial charge in [-0.15, -0.1) is 0 Å². The fourth-order valence-electron chi connectivity index (χ4n) is 2.27. The maximum absolute atomic E-state index is 5.58. The van der Waals surface area contributed by atoms with Crippen LogP contribution in [-0.2, 0) is 0 Å². The SMILES string of the molecule is [Al].c1cc[c]([Sb][c]2ccccc2)cc1.c1ccc(Oc2ccccc2)cc1. The van der Waals surface area contributed by atoms with E-state index in [9.17, 15) is 0 Å². The van der Waals surface area contributed by atoms with Crippen molar-refractivity contribution in [3.8, 4) is 11.5 Å². The van der Waals surface area contributed by atoms with E-state index >= 15 is 0 Å². The van der Waals surface area contributed by atoms with E-state index in [0.717, 1.165) is 11.5 Å². The molecule has 0 amide bonds.